The molecule has 1 aromatic rings. The molecule has 0 saturated heterocycles. The number of benzene rings is 1. The highest BCUT2D eigenvalue weighted by Gasteiger charge is 2.34. The number of hydrogen-bond acceptors (Lipinski definition) is 7. The molecule has 0 unspecified atom stereocenters. The van der Waals surface area contributed by atoms with Gasteiger partial charge in [0.05, 0.1) is 44.2 Å². The maximum atomic E-state index is 14.7. The SMILES string of the molecule is COC(=O)C1=C(C(=O)OC)N(c2ccc(Cl)c(OC)c2F)COC1. The Balaban J connectivity index is 2.64. The second-order valence-electron chi connectivity index (χ2n) is 4.63. The van der Waals surface area contributed by atoms with Gasteiger partial charge in [0.2, 0.25) is 0 Å². The first-order chi connectivity index (χ1) is 11.5. The van der Waals surface area contributed by atoms with Crippen LogP contribution in [0.4, 0.5) is 10.1 Å². The van der Waals surface area contributed by atoms with Crippen LogP contribution in [0.15, 0.2) is 23.4 Å². The van der Waals surface area contributed by atoms with Gasteiger partial charge in [0.1, 0.15) is 12.4 Å². The van der Waals surface area contributed by atoms with Gasteiger partial charge in [-0.3, -0.25) is 0 Å². The molecule has 0 aromatic heterocycles. The molecule has 0 N–H and O–H groups in total. The molecule has 130 valence electrons. The lowest BCUT2D eigenvalue weighted by molar-refractivity contribution is -0.140. The molecule has 1 aromatic carbocycles. The summed E-state index contributed by atoms with van der Waals surface area (Å²) in [4.78, 5) is 25.2. The molecule has 1 heterocycles. The number of rotatable bonds is 4. The zero-order valence-corrected chi connectivity index (χ0v) is 14.0. The average Bonchev–Trinajstić information content (AvgIpc) is 2.60. The monoisotopic (exact) mass is 359 g/mol. The topological polar surface area (TPSA) is 74.3 Å². The lowest BCUT2D eigenvalue weighted by Gasteiger charge is -2.31. The molecule has 24 heavy (non-hydrogen) atoms. The van der Waals surface area contributed by atoms with Crippen molar-refractivity contribution in [3.05, 3.63) is 34.2 Å². The fraction of sp³-hybridized carbons (Fsp3) is 0.333. The molecular weight excluding hydrogens is 345 g/mol. The van der Waals surface area contributed by atoms with Crippen molar-refractivity contribution in [3.63, 3.8) is 0 Å². The molecule has 0 bridgehead atoms. The maximum Gasteiger partial charge on any atom is 0.355 e. The third kappa shape index (κ3) is 3.15. The van der Waals surface area contributed by atoms with Crippen LogP contribution in [0.3, 0.4) is 0 Å². The van der Waals surface area contributed by atoms with Crippen LogP contribution in [0.2, 0.25) is 5.02 Å². The van der Waals surface area contributed by atoms with E-state index < -0.39 is 17.8 Å². The van der Waals surface area contributed by atoms with Crippen molar-refractivity contribution in [1.29, 1.82) is 0 Å². The van der Waals surface area contributed by atoms with Crippen molar-refractivity contribution < 1.29 is 32.9 Å². The Morgan fingerprint density at radius 1 is 1.21 bits per heavy atom. The zero-order chi connectivity index (χ0) is 17.9. The number of anilines is 1. The van der Waals surface area contributed by atoms with E-state index >= 15 is 0 Å². The van der Waals surface area contributed by atoms with Crippen LogP contribution in [0.1, 0.15) is 0 Å². The highest BCUT2D eigenvalue weighted by atomic mass is 35.5. The molecule has 0 fully saturated rings. The third-order valence-electron chi connectivity index (χ3n) is 3.36. The minimum Gasteiger partial charge on any atom is -0.492 e. The summed E-state index contributed by atoms with van der Waals surface area (Å²) < 4.78 is 34.2. The Morgan fingerprint density at radius 2 is 1.88 bits per heavy atom. The summed E-state index contributed by atoms with van der Waals surface area (Å²) in [5, 5.41) is 0.0634. The van der Waals surface area contributed by atoms with E-state index in [9.17, 15) is 14.0 Å². The van der Waals surface area contributed by atoms with Crippen molar-refractivity contribution >= 4 is 29.2 Å². The predicted octanol–water partition coefficient (Wildman–Crippen LogP) is 1.88. The van der Waals surface area contributed by atoms with Crippen LogP contribution >= 0.6 is 11.6 Å². The summed E-state index contributed by atoms with van der Waals surface area (Å²) in [5.74, 6) is -2.60. The van der Waals surface area contributed by atoms with Gasteiger partial charge in [-0.1, -0.05) is 11.6 Å². The normalized spacial score (nSPS) is 14.5. The Bertz CT molecular complexity index is 705. The smallest absolute Gasteiger partial charge is 0.355 e. The van der Waals surface area contributed by atoms with E-state index in [4.69, 9.17) is 25.8 Å². The number of carbonyl (C=O) groups is 2. The van der Waals surface area contributed by atoms with E-state index in [2.05, 4.69) is 4.74 Å². The molecule has 1 aliphatic heterocycles. The number of ether oxygens (including phenoxy) is 4. The first kappa shape index (κ1) is 18.0. The lowest BCUT2D eigenvalue weighted by atomic mass is 10.1. The Kier molecular flexibility index (Phi) is 5.63. The zero-order valence-electron chi connectivity index (χ0n) is 13.2. The molecule has 0 saturated carbocycles. The predicted molar refractivity (Wildman–Crippen MR) is 82.3 cm³/mol. The first-order valence-electron chi connectivity index (χ1n) is 6.73. The number of esters is 2. The van der Waals surface area contributed by atoms with Gasteiger partial charge >= 0.3 is 11.9 Å². The first-order valence-corrected chi connectivity index (χ1v) is 7.11. The van der Waals surface area contributed by atoms with Crippen LogP contribution in [-0.2, 0) is 23.8 Å². The number of hydrogen-bond donors (Lipinski definition) is 0. The summed E-state index contributed by atoms with van der Waals surface area (Å²) >= 11 is 5.88. The number of halogens is 2. The molecule has 0 amide bonds. The van der Waals surface area contributed by atoms with Crippen molar-refractivity contribution in [2.45, 2.75) is 0 Å². The Morgan fingerprint density at radius 3 is 2.46 bits per heavy atom. The quantitative estimate of drug-likeness (QED) is 0.760. The number of methoxy groups -OCH3 is 3. The summed E-state index contributed by atoms with van der Waals surface area (Å²) in [7, 11) is 3.57. The van der Waals surface area contributed by atoms with Gasteiger partial charge in [-0.15, -0.1) is 0 Å². The molecule has 0 atom stereocenters. The fourth-order valence-corrected chi connectivity index (χ4v) is 2.47. The highest BCUT2D eigenvalue weighted by molar-refractivity contribution is 6.32. The van der Waals surface area contributed by atoms with Crippen LogP contribution in [0, 0.1) is 5.82 Å². The third-order valence-corrected chi connectivity index (χ3v) is 3.65. The minimum atomic E-state index is -0.827. The van der Waals surface area contributed by atoms with E-state index in [0.717, 1.165) is 19.1 Å². The van der Waals surface area contributed by atoms with E-state index in [1.807, 2.05) is 0 Å². The van der Waals surface area contributed by atoms with Gasteiger partial charge in [-0.2, -0.15) is 0 Å². The molecule has 2 rings (SSSR count). The van der Waals surface area contributed by atoms with Crippen molar-refractivity contribution in [2.75, 3.05) is 39.6 Å². The van der Waals surface area contributed by atoms with Gasteiger partial charge in [0, 0.05) is 0 Å². The standard InChI is InChI=1S/C15H15ClFNO6/c1-21-13-9(16)4-5-10(11(13)17)18-7-24-6-8(14(19)22-2)12(18)15(20)23-3/h4-5H,6-7H2,1-3H3. The highest BCUT2D eigenvalue weighted by Crippen LogP contribution is 2.37. The summed E-state index contributed by atoms with van der Waals surface area (Å²) in [6.45, 7) is -0.341. The second kappa shape index (κ2) is 7.50. The second-order valence-corrected chi connectivity index (χ2v) is 5.04. The molecule has 9 heteroatoms. The van der Waals surface area contributed by atoms with Gasteiger partial charge in [-0.05, 0) is 12.1 Å². The number of carbonyl (C=O) groups excluding carboxylic acids is 2. The van der Waals surface area contributed by atoms with Gasteiger partial charge in [0.15, 0.2) is 11.6 Å². The van der Waals surface area contributed by atoms with Crippen LogP contribution in [0.25, 0.3) is 0 Å². The van der Waals surface area contributed by atoms with E-state index in [1.165, 1.54) is 19.2 Å². The van der Waals surface area contributed by atoms with Gasteiger partial charge in [-0.25, -0.2) is 14.0 Å². The van der Waals surface area contributed by atoms with E-state index in [1.54, 1.807) is 0 Å². The largest absolute Gasteiger partial charge is 0.492 e. The molecular formula is C15H15ClFNO6. The van der Waals surface area contributed by atoms with E-state index in [-0.39, 0.29) is 41.1 Å². The number of nitrogens with zero attached hydrogens (tertiary/aromatic N) is 1. The summed E-state index contributed by atoms with van der Waals surface area (Å²) in [6.07, 6.45) is 0. The summed E-state index contributed by atoms with van der Waals surface area (Å²) in [6, 6.07) is 2.74. The van der Waals surface area contributed by atoms with E-state index in [0.29, 0.717) is 0 Å². The molecule has 7 nitrogen and oxygen atoms in total. The van der Waals surface area contributed by atoms with Crippen molar-refractivity contribution in [1.82, 2.24) is 0 Å². The van der Waals surface area contributed by atoms with Crippen LogP contribution in [0.5, 0.6) is 5.75 Å². The molecule has 1 aliphatic rings. The van der Waals surface area contributed by atoms with Crippen molar-refractivity contribution in [3.8, 4) is 5.75 Å². The maximum absolute atomic E-state index is 14.7. The Hall–Kier alpha value is -2.32. The van der Waals surface area contributed by atoms with Gasteiger partial charge < -0.3 is 23.8 Å². The van der Waals surface area contributed by atoms with Crippen LogP contribution < -0.4 is 9.64 Å². The Labute approximate surface area is 142 Å². The molecule has 0 spiro atoms. The fourth-order valence-electron chi connectivity index (χ4n) is 2.25. The lowest BCUT2D eigenvalue weighted by Crippen LogP contribution is -2.39. The molecule has 0 aliphatic carbocycles. The average molecular weight is 360 g/mol. The van der Waals surface area contributed by atoms with Gasteiger partial charge in [0.25, 0.3) is 0 Å². The minimum absolute atomic E-state index is 0.0576. The summed E-state index contributed by atoms with van der Waals surface area (Å²) in [5.41, 5.74) is -0.305. The van der Waals surface area contributed by atoms with Crippen molar-refractivity contribution in [2.24, 2.45) is 0 Å². The molecule has 0 radical (unpaired) electrons. The van der Waals surface area contributed by atoms with Crippen LogP contribution in [-0.4, -0.2) is 46.6 Å².